The van der Waals surface area contributed by atoms with Crippen molar-refractivity contribution in [3.05, 3.63) is 69.0 Å². The highest BCUT2D eigenvalue weighted by atomic mass is 32.1. The normalized spacial score (nSPS) is 15.5. The number of carbonyl (C=O) groups excluding carboxylic acids is 1. The van der Waals surface area contributed by atoms with E-state index in [1.165, 1.54) is 41.0 Å². The van der Waals surface area contributed by atoms with Gasteiger partial charge in [-0.3, -0.25) is 14.2 Å². The van der Waals surface area contributed by atoms with E-state index in [-0.39, 0.29) is 28.8 Å². The van der Waals surface area contributed by atoms with Crippen LogP contribution in [0.15, 0.2) is 47.3 Å². The number of ketones is 1. The molecule has 2 heterocycles. The Labute approximate surface area is 177 Å². The van der Waals surface area contributed by atoms with Crippen molar-refractivity contribution in [2.24, 2.45) is 5.92 Å². The van der Waals surface area contributed by atoms with Crippen molar-refractivity contribution in [2.45, 2.75) is 19.4 Å². The summed E-state index contributed by atoms with van der Waals surface area (Å²) >= 11 is 5.33. The number of piperidine rings is 1. The SMILES string of the molecule is O=C(c1ccc(F)cc1)C1CCN(CCn2c(=S)[nH]c3cc(O)ccc3c2=O)CC1. The number of halogens is 1. The molecule has 0 atom stereocenters. The van der Waals surface area contributed by atoms with Crippen LogP contribution >= 0.6 is 12.2 Å². The monoisotopic (exact) mass is 427 g/mol. The maximum atomic E-state index is 13.1. The molecule has 4 rings (SSSR count). The summed E-state index contributed by atoms with van der Waals surface area (Å²) in [6, 6.07) is 10.3. The van der Waals surface area contributed by atoms with Crippen molar-refractivity contribution in [2.75, 3.05) is 19.6 Å². The second-order valence-corrected chi connectivity index (χ2v) is 7.99. The number of Topliss-reactive ketones (excluding diaryl/α,β-unsaturated/α-hetero) is 1. The first kappa shape index (κ1) is 20.4. The molecule has 0 saturated carbocycles. The van der Waals surface area contributed by atoms with E-state index in [2.05, 4.69) is 9.88 Å². The Morgan fingerprint density at radius 1 is 1.13 bits per heavy atom. The van der Waals surface area contributed by atoms with Gasteiger partial charge in [0.05, 0.1) is 10.9 Å². The maximum Gasteiger partial charge on any atom is 0.262 e. The topological polar surface area (TPSA) is 78.3 Å². The number of hydrogen-bond donors (Lipinski definition) is 2. The van der Waals surface area contributed by atoms with Crippen LogP contribution < -0.4 is 5.56 Å². The number of aromatic nitrogens is 2. The highest BCUT2D eigenvalue weighted by molar-refractivity contribution is 7.71. The summed E-state index contributed by atoms with van der Waals surface area (Å²) in [6.07, 6.45) is 1.46. The van der Waals surface area contributed by atoms with Gasteiger partial charge in [-0.05, 0) is 74.5 Å². The third kappa shape index (κ3) is 4.20. The lowest BCUT2D eigenvalue weighted by Crippen LogP contribution is -2.39. The average molecular weight is 428 g/mol. The van der Waals surface area contributed by atoms with Crippen molar-refractivity contribution < 1.29 is 14.3 Å². The molecule has 0 radical (unpaired) electrons. The van der Waals surface area contributed by atoms with Crippen LogP contribution in [0.4, 0.5) is 4.39 Å². The predicted molar refractivity (Wildman–Crippen MR) is 115 cm³/mol. The summed E-state index contributed by atoms with van der Waals surface area (Å²) < 4.78 is 14.9. The van der Waals surface area contributed by atoms with E-state index in [4.69, 9.17) is 12.2 Å². The second-order valence-electron chi connectivity index (χ2n) is 7.60. The summed E-state index contributed by atoms with van der Waals surface area (Å²) in [5.41, 5.74) is 0.881. The van der Waals surface area contributed by atoms with Crippen LogP contribution in [0.2, 0.25) is 0 Å². The van der Waals surface area contributed by atoms with E-state index in [0.29, 0.717) is 34.3 Å². The van der Waals surface area contributed by atoms with Crippen molar-refractivity contribution in [1.29, 1.82) is 0 Å². The van der Waals surface area contributed by atoms with Gasteiger partial charge >= 0.3 is 0 Å². The molecule has 6 nitrogen and oxygen atoms in total. The second kappa shape index (κ2) is 8.49. The number of hydrogen-bond acceptors (Lipinski definition) is 5. The zero-order chi connectivity index (χ0) is 21.3. The fourth-order valence-electron chi connectivity index (χ4n) is 3.96. The van der Waals surface area contributed by atoms with Gasteiger partial charge in [0.1, 0.15) is 11.6 Å². The molecule has 1 aromatic heterocycles. The molecule has 0 bridgehead atoms. The minimum absolute atomic E-state index is 0.0612. The van der Waals surface area contributed by atoms with Gasteiger partial charge in [0.15, 0.2) is 10.6 Å². The number of likely N-dealkylation sites (tertiary alicyclic amines) is 1. The summed E-state index contributed by atoms with van der Waals surface area (Å²) in [5.74, 6) is -0.277. The van der Waals surface area contributed by atoms with E-state index in [9.17, 15) is 19.1 Å². The van der Waals surface area contributed by atoms with Crippen LogP contribution in [-0.2, 0) is 6.54 Å². The first-order valence-corrected chi connectivity index (χ1v) is 10.3. The Hall–Kier alpha value is -2.84. The quantitative estimate of drug-likeness (QED) is 0.481. The molecular formula is C22H22FN3O3S. The number of H-pyrrole nitrogens is 1. The number of nitrogens with one attached hydrogen (secondary N) is 1. The molecule has 3 aromatic rings. The van der Waals surface area contributed by atoms with E-state index in [1.54, 1.807) is 6.07 Å². The zero-order valence-corrected chi connectivity index (χ0v) is 17.1. The molecule has 0 spiro atoms. The average Bonchev–Trinajstić information content (AvgIpc) is 2.74. The van der Waals surface area contributed by atoms with Gasteiger partial charge in [0.25, 0.3) is 5.56 Å². The van der Waals surface area contributed by atoms with Gasteiger partial charge in [-0.2, -0.15) is 0 Å². The van der Waals surface area contributed by atoms with Crippen LogP contribution in [0.25, 0.3) is 10.9 Å². The number of carbonyl (C=O) groups is 1. The van der Waals surface area contributed by atoms with Gasteiger partial charge in [-0.25, -0.2) is 4.39 Å². The molecule has 0 aliphatic carbocycles. The number of aromatic amines is 1. The highest BCUT2D eigenvalue weighted by Crippen LogP contribution is 2.22. The van der Waals surface area contributed by atoms with E-state index < -0.39 is 0 Å². The molecule has 1 fully saturated rings. The maximum absolute atomic E-state index is 13.1. The largest absolute Gasteiger partial charge is 0.508 e. The van der Waals surface area contributed by atoms with Crippen LogP contribution in [0, 0.1) is 16.5 Å². The van der Waals surface area contributed by atoms with E-state index in [0.717, 1.165) is 25.9 Å². The lowest BCUT2D eigenvalue weighted by atomic mass is 9.89. The summed E-state index contributed by atoms with van der Waals surface area (Å²) in [6.45, 7) is 2.61. The van der Waals surface area contributed by atoms with Crippen molar-refractivity contribution in [1.82, 2.24) is 14.5 Å². The highest BCUT2D eigenvalue weighted by Gasteiger charge is 2.25. The Kier molecular flexibility index (Phi) is 5.78. The van der Waals surface area contributed by atoms with E-state index in [1.807, 2.05) is 0 Å². The van der Waals surface area contributed by atoms with Crippen molar-refractivity contribution in [3.63, 3.8) is 0 Å². The van der Waals surface area contributed by atoms with Crippen LogP contribution in [0.3, 0.4) is 0 Å². The number of fused-ring (bicyclic) bond motifs is 1. The lowest BCUT2D eigenvalue weighted by Gasteiger charge is -2.31. The third-order valence-electron chi connectivity index (χ3n) is 5.69. The molecule has 156 valence electrons. The van der Waals surface area contributed by atoms with Crippen LogP contribution in [0.1, 0.15) is 23.2 Å². The third-order valence-corrected chi connectivity index (χ3v) is 6.01. The Morgan fingerprint density at radius 2 is 1.83 bits per heavy atom. The lowest BCUT2D eigenvalue weighted by molar-refractivity contribution is 0.0837. The zero-order valence-electron chi connectivity index (χ0n) is 16.3. The minimum Gasteiger partial charge on any atom is -0.508 e. The van der Waals surface area contributed by atoms with Gasteiger partial charge in [0.2, 0.25) is 0 Å². The Balaban J connectivity index is 1.39. The molecule has 1 aliphatic rings. The molecule has 2 aromatic carbocycles. The van der Waals surface area contributed by atoms with Gasteiger partial charge in [-0.1, -0.05) is 0 Å². The van der Waals surface area contributed by atoms with Crippen LogP contribution in [0.5, 0.6) is 5.75 Å². The molecule has 1 saturated heterocycles. The minimum atomic E-state index is -0.347. The molecule has 0 unspecified atom stereocenters. The molecule has 30 heavy (non-hydrogen) atoms. The van der Waals surface area contributed by atoms with Gasteiger partial charge < -0.3 is 15.0 Å². The standard InChI is InChI=1S/C22H22FN3O3S/c23-16-3-1-14(2-4-16)20(28)15-7-9-25(10-8-15)11-12-26-21(29)18-6-5-17(27)13-19(18)24-22(26)30/h1-6,13,15,27H,7-12H2,(H,24,30). The number of phenols is 1. The van der Waals surface area contributed by atoms with E-state index >= 15 is 0 Å². The first-order chi connectivity index (χ1) is 14.4. The predicted octanol–water partition coefficient (Wildman–Crippen LogP) is 3.50. The number of aromatic hydroxyl groups is 1. The fraction of sp³-hybridized carbons (Fsp3) is 0.318. The van der Waals surface area contributed by atoms with Gasteiger partial charge in [0, 0.05) is 30.6 Å². The number of phenolic OH excluding ortho intramolecular Hbond substituents is 1. The molecule has 8 heteroatoms. The summed E-state index contributed by atoms with van der Waals surface area (Å²) in [4.78, 5) is 30.6. The van der Waals surface area contributed by atoms with Crippen molar-refractivity contribution in [3.8, 4) is 5.75 Å². The number of nitrogens with zero attached hydrogens (tertiary/aromatic N) is 2. The van der Waals surface area contributed by atoms with Gasteiger partial charge in [-0.15, -0.1) is 0 Å². The number of rotatable bonds is 5. The molecule has 0 amide bonds. The smallest absolute Gasteiger partial charge is 0.262 e. The van der Waals surface area contributed by atoms with Crippen LogP contribution in [-0.4, -0.2) is 45.0 Å². The Morgan fingerprint density at radius 3 is 2.53 bits per heavy atom. The Bertz CT molecular complexity index is 1190. The fourth-order valence-corrected chi connectivity index (χ4v) is 4.24. The number of benzene rings is 2. The summed E-state index contributed by atoms with van der Waals surface area (Å²) in [5, 5.41) is 10.1. The molecular weight excluding hydrogens is 405 g/mol. The molecule has 2 N–H and O–H groups in total. The molecule has 1 aliphatic heterocycles. The van der Waals surface area contributed by atoms with Crippen molar-refractivity contribution >= 4 is 28.9 Å². The first-order valence-electron chi connectivity index (χ1n) is 9.90. The summed E-state index contributed by atoms with van der Waals surface area (Å²) in [7, 11) is 0.